The first-order chi connectivity index (χ1) is 11.3. The monoisotopic (exact) mass is 418 g/mol. The van der Waals surface area contributed by atoms with Gasteiger partial charge in [0.1, 0.15) is 5.76 Å². The minimum Gasteiger partial charge on any atom is -0.450 e. The Labute approximate surface area is 149 Å². The maximum Gasteiger partial charge on any atom is 0.247 e. The third-order valence-electron chi connectivity index (χ3n) is 3.61. The number of amides is 2. The van der Waals surface area contributed by atoms with Crippen LogP contribution in [-0.2, 0) is 19.4 Å². The largest absolute Gasteiger partial charge is 0.450 e. The van der Waals surface area contributed by atoms with Gasteiger partial charge in [0.05, 0.1) is 18.1 Å². The van der Waals surface area contributed by atoms with Gasteiger partial charge in [-0.2, -0.15) is 0 Å². The Balaban J connectivity index is 1.87. The molecule has 0 saturated carbocycles. The maximum atomic E-state index is 12.1. The molecule has 0 aliphatic carbocycles. The molecule has 1 saturated heterocycles. The topological polar surface area (TPSA) is 96.7 Å². The molecule has 1 unspecified atom stereocenters. The fourth-order valence-corrected chi connectivity index (χ4v) is 4.37. The molecule has 2 rings (SSSR count). The summed E-state index contributed by atoms with van der Waals surface area (Å²) in [7, 11) is -3.05. The van der Waals surface area contributed by atoms with Crippen LogP contribution in [0.1, 0.15) is 19.1 Å². The number of furan rings is 1. The van der Waals surface area contributed by atoms with Gasteiger partial charge in [-0.15, -0.1) is 0 Å². The predicted molar refractivity (Wildman–Crippen MR) is 92.9 cm³/mol. The highest BCUT2D eigenvalue weighted by Gasteiger charge is 2.29. The van der Waals surface area contributed by atoms with Crippen molar-refractivity contribution in [3.05, 3.63) is 28.6 Å². The van der Waals surface area contributed by atoms with Crippen molar-refractivity contribution in [3.8, 4) is 0 Å². The molecule has 0 aromatic carbocycles. The van der Waals surface area contributed by atoms with Gasteiger partial charge in [-0.05, 0) is 47.5 Å². The van der Waals surface area contributed by atoms with Crippen LogP contribution in [-0.4, -0.2) is 55.8 Å². The summed E-state index contributed by atoms with van der Waals surface area (Å²) >= 11 is 3.17. The summed E-state index contributed by atoms with van der Waals surface area (Å²) in [5.74, 6) is -0.102. The SMILES string of the molecule is CCN(CC(=O)NC1CCS(=O)(=O)C1)C(=O)C=Cc1ccc(Br)o1. The number of nitrogens with one attached hydrogen (secondary N) is 1. The maximum absolute atomic E-state index is 12.1. The average Bonchev–Trinajstić information content (AvgIpc) is 3.07. The molecular formula is C15H19BrN2O5S. The highest BCUT2D eigenvalue weighted by atomic mass is 79.9. The van der Waals surface area contributed by atoms with Crippen LogP contribution in [0.4, 0.5) is 0 Å². The van der Waals surface area contributed by atoms with Gasteiger partial charge in [0.25, 0.3) is 0 Å². The highest BCUT2D eigenvalue weighted by molar-refractivity contribution is 9.10. The molecule has 1 N–H and O–H groups in total. The van der Waals surface area contributed by atoms with E-state index in [1.807, 2.05) is 0 Å². The van der Waals surface area contributed by atoms with Gasteiger partial charge in [-0.25, -0.2) is 8.42 Å². The molecule has 0 spiro atoms. The Kier molecular flexibility index (Phi) is 6.22. The van der Waals surface area contributed by atoms with E-state index in [0.29, 0.717) is 23.4 Å². The standard InChI is InChI=1S/C15H19BrN2O5S/c1-2-18(15(20)6-4-12-3-5-13(16)23-12)9-14(19)17-11-7-8-24(21,22)10-11/h3-6,11H,2,7-10H2,1H3,(H,17,19). The molecular weight excluding hydrogens is 400 g/mol. The number of hydrogen-bond donors (Lipinski definition) is 1. The first-order valence-corrected chi connectivity index (χ1v) is 10.1. The van der Waals surface area contributed by atoms with E-state index in [2.05, 4.69) is 21.2 Å². The van der Waals surface area contributed by atoms with E-state index in [4.69, 9.17) is 4.42 Å². The van der Waals surface area contributed by atoms with E-state index in [1.54, 1.807) is 19.1 Å². The molecule has 1 aliphatic heterocycles. The molecule has 132 valence electrons. The minimum absolute atomic E-state index is 0.0356. The van der Waals surface area contributed by atoms with Gasteiger partial charge in [-0.1, -0.05) is 0 Å². The number of carbonyl (C=O) groups excluding carboxylic acids is 2. The molecule has 0 bridgehead atoms. The van der Waals surface area contributed by atoms with Gasteiger partial charge in [0.2, 0.25) is 11.8 Å². The molecule has 7 nitrogen and oxygen atoms in total. The lowest BCUT2D eigenvalue weighted by atomic mass is 10.2. The van der Waals surface area contributed by atoms with Gasteiger partial charge in [0, 0.05) is 18.7 Å². The molecule has 2 heterocycles. The van der Waals surface area contributed by atoms with Crippen molar-refractivity contribution >= 4 is 43.7 Å². The van der Waals surface area contributed by atoms with Crippen molar-refractivity contribution in [3.63, 3.8) is 0 Å². The zero-order valence-electron chi connectivity index (χ0n) is 13.2. The number of rotatable bonds is 6. The normalized spacial score (nSPS) is 19.5. The van der Waals surface area contributed by atoms with E-state index in [-0.39, 0.29) is 35.9 Å². The van der Waals surface area contributed by atoms with Crippen LogP contribution >= 0.6 is 15.9 Å². The highest BCUT2D eigenvalue weighted by Crippen LogP contribution is 2.15. The van der Waals surface area contributed by atoms with Crippen LogP contribution in [0.5, 0.6) is 0 Å². The molecule has 1 atom stereocenters. The Morgan fingerprint density at radius 3 is 2.75 bits per heavy atom. The summed E-state index contributed by atoms with van der Waals surface area (Å²) in [4.78, 5) is 25.5. The zero-order chi connectivity index (χ0) is 17.7. The number of likely N-dealkylation sites (N-methyl/N-ethyl adjacent to an activating group) is 1. The molecule has 0 radical (unpaired) electrons. The lowest BCUT2D eigenvalue weighted by Gasteiger charge is -2.20. The van der Waals surface area contributed by atoms with Gasteiger partial charge >= 0.3 is 0 Å². The number of carbonyl (C=O) groups is 2. The summed E-state index contributed by atoms with van der Waals surface area (Å²) < 4.78 is 28.6. The fourth-order valence-electron chi connectivity index (χ4n) is 2.38. The molecule has 24 heavy (non-hydrogen) atoms. The second-order valence-electron chi connectivity index (χ2n) is 5.50. The molecule has 1 aromatic heterocycles. The second-order valence-corrected chi connectivity index (χ2v) is 8.51. The van der Waals surface area contributed by atoms with E-state index in [0.717, 1.165) is 0 Å². The van der Waals surface area contributed by atoms with Crippen molar-refractivity contribution < 1.29 is 22.4 Å². The van der Waals surface area contributed by atoms with E-state index in [1.165, 1.54) is 17.1 Å². The number of nitrogens with zero attached hydrogens (tertiary/aromatic N) is 1. The third kappa shape index (κ3) is 5.48. The van der Waals surface area contributed by atoms with Crippen molar-refractivity contribution in [2.24, 2.45) is 0 Å². The summed E-state index contributed by atoms with van der Waals surface area (Å²) in [5.41, 5.74) is 0. The number of sulfone groups is 1. The Morgan fingerprint density at radius 1 is 1.46 bits per heavy atom. The van der Waals surface area contributed by atoms with Crippen molar-refractivity contribution in [1.29, 1.82) is 0 Å². The second kappa shape index (κ2) is 7.98. The molecule has 2 amide bonds. The van der Waals surface area contributed by atoms with Gasteiger partial charge in [-0.3, -0.25) is 9.59 Å². The third-order valence-corrected chi connectivity index (χ3v) is 5.80. The van der Waals surface area contributed by atoms with Crippen molar-refractivity contribution in [1.82, 2.24) is 10.2 Å². The summed E-state index contributed by atoms with van der Waals surface area (Å²) in [5, 5.41) is 2.67. The summed E-state index contributed by atoms with van der Waals surface area (Å²) in [6, 6.07) is 3.05. The Hall–Kier alpha value is -1.61. The summed E-state index contributed by atoms with van der Waals surface area (Å²) in [6.45, 7) is 2.02. The fraction of sp³-hybridized carbons (Fsp3) is 0.467. The number of hydrogen-bond acceptors (Lipinski definition) is 5. The van der Waals surface area contributed by atoms with Crippen molar-refractivity contribution in [2.75, 3.05) is 24.6 Å². The predicted octanol–water partition coefficient (Wildman–Crippen LogP) is 1.21. The van der Waals surface area contributed by atoms with E-state index < -0.39 is 9.84 Å². The average molecular weight is 419 g/mol. The molecule has 9 heteroatoms. The summed E-state index contributed by atoms with van der Waals surface area (Å²) in [6.07, 6.45) is 3.28. The van der Waals surface area contributed by atoms with Crippen LogP contribution in [0.25, 0.3) is 6.08 Å². The smallest absolute Gasteiger partial charge is 0.247 e. The minimum atomic E-state index is -3.05. The van der Waals surface area contributed by atoms with Crippen molar-refractivity contribution in [2.45, 2.75) is 19.4 Å². The Bertz CT molecular complexity index is 741. The van der Waals surface area contributed by atoms with Crippen LogP contribution in [0.15, 0.2) is 27.3 Å². The molecule has 1 aliphatic rings. The zero-order valence-corrected chi connectivity index (χ0v) is 15.6. The van der Waals surface area contributed by atoms with Crippen LogP contribution in [0.3, 0.4) is 0 Å². The first-order valence-electron chi connectivity index (χ1n) is 7.51. The number of halogens is 1. The Morgan fingerprint density at radius 2 is 2.21 bits per heavy atom. The van der Waals surface area contributed by atoms with Crippen LogP contribution < -0.4 is 5.32 Å². The van der Waals surface area contributed by atoms with Crippen LogP contribution in [0.2, 0.25) is 0 Å². The lowest BCUT2D eigenvalue weighted by Crippen LogP contribution is -2.44. The van der Waals surface area contributed by atoms with Gasteiger partial charge < -0.3 is 14.6 Å². The molecule has 1 fully saturated rings. The quantitative estimate of drug-likeness (QED) is 0.700. The van der Waals surface area contributed by atoms with Gasteiger partial charge in [0.15, 0.2) is 14.5 Å². The molecule has 1 aromatic rings. The van der Waals surface area contributed by atoms with E-state index >= 15 is 0 Å². The first kappa shape index (κ1) is 18.7. The lowest BCUT2D eigenvalue weighted by molar-refractivity contribution is -0.132. The van der Waals surface area contributed by atoms with Crippen LogP contribution in [0, 0.1) is 0 Å². The van der Waals surface area contributed by atoms with E-state index in [9.17, 15) is 18.0 Å².